The molecule has 1 aromatic carbocycles. The van der Waals surface area contributed by atoms with E-state index in [1.165, 1.54) is 0 Å². The minimum Gasteiger partial charge on any atom is -0.342 e. The van der Waals surface area contributed by atoms with Crippen LogP contribution in [0.3, 0.4) is 0 Å². The second-order valence-electron chi connectivity index (χ2n) is 6.39. The van der Waals surface area contributed by atoms with E-state index in [9.17, 15) is 9.59 Å². The van der Waals surface area contributed by atoms with Crippen LogP contribution >= 0.6 is 11.6 Å². The van der Waals surface area contributed by atoms with Crippen LogP contribution in [0.2, 0.25) is 5.02 Å². The number of piperidine rings is 1. The van der Waals surface area contributed by atoms with Crippen LogP contribution < -0.4 is 4.90 Å². The maximum Gasteiger partial charge on any atom is 0.228 e. The molecule has 1 atom stereocenters. The zero-order valence-corrected chi connectivity index (χ0v) is 13.6. The van der Waals surface area contributed by atoms with Crippen LogP contribution in [0.25, 0.3) is 0 Å². The number of amides is 2. The third kappa shape index (κ3) is 3.12. The largest absolute Gasteiger partial charge is 0.342 e. The van der Waals surface area contributed by atoms with Crippen LogP contribution in [0.4, 0.5) is 5.69 Å². The summed E-state index contributed by atoms with van der Waals surface area (Å²) in [6.45, 7) is 4.35. The van der Waals surface area contributed by atoms with E-state index in [2.05, 4.69) is 6.92 Å². The van der Waals surface area contributed by atoms with Gasteiger partial charge in [0, 0.05) is 36.8 Å². The van der Waals surface area contributed by atoms with E-state index in [4.69, 9.17) is 11.6 Å². The molecule has 0 spiro atoms. The fraction of sp³-hybridized carbons (Fsp3) is 0.529. The molecule has 1 aromatic rings. The molecule has 0 bridgehead atoms. The van der Waals surface area contributed by atoms with Gasteiger partial charge in [0.05, 0.1) is 5.92 Å². The third-order valence-corrected chi connectivity index (χ3v) is 4.96. The van der Waals surface area contributed by atoms with E-state index in [0.717, 1.165) is 31.6 Å². The van der Waals surface area contributed by atoms with Gasteiger partial charge in [-0.05, 0) is 43.0 Å². The Kier molecular flexibility index (Phi) is 4.39. The molecule has 0 aliphatic carbocycles. The van der Waals surface area contributed by atoms with Crippen molar-refractivity contribution in [1.29, 1.82) is 0 Å². The van der Waals surface area contributed by atoms with Crippen LogP contribution in [0.15, 0.2) is 24.3 Å². The van der Waals surface area contributed by atoms with Gasteiger partial charge in [0.1, 0.15) is 0 Å². The number of benzene rings is 1. The van der Waals surface area contributed by atoms with Crippen molar-refractivity contribution in [3.05, 3.63) is 29.3 Å². The minimum absolute atomic E-state index is 0.0195. The lowest BCUT2D eigenvalue weighted by molar-refractivity contribution is -0.137. The maximum atomic E-state index is 12.6. The summed E-state index contributed by atoms with van der Waals surface area (Å²) in [5.74, 6) is 0.638. The van der Waals surface area contributed by atoms with Crippen molar-refractivity contribution in [3.63, 3.8) is 0 Å². The fourth-order valence-corrected chi connectivity index (χ4v) is 3.36. The van der Waals surface area contributed by atoms with Crippen LogP contribution in [0.1, 0.15) is 26.2 Å². The first-order valence-corrected chi connectivity index (χ1v) is 8.27. The molecule has 5 heteroatoms. The molecular formula is C17H21ClN2O2. The summed E-state index contributed by atoms with van der Waals surface area (Å²) in [5.41, 5.74) is 0.817. The van der Waals surface area contributed by atoms with Gasteiger partial charge in [0.25, 0.3) is 0 Å². The van der Waals surface area contributed by atoms with Crippen LogP contribution in [-0.2, 0) is 9.59 Å². The van der Waals surface area contributed by atoms with Crippen molar-refractivity contribution in [3.8, 4) is 0 Å². The molecule has 3 rings (SSSR count). The number of rotatable bonds is 2. The molecule has 2 heterocycles. The molecule has 4 nitrogen and oxygen atoms in total. The summed E-state index contributed by atoms with van der Waals surface area (Å²) < 4.78 is 0. The Labute approximate surface area is 136 Å². The summed E-state index contributed by atoms with van der Waals surface area (Å²) in [6, 6.07) is 7.20. The molecular weight excluding hydrogens is 300 g/mol. The Morgan fingerprint density at radius 1 is 1.18 bits per heavy atom. The molecule has 0 N–H and O–H groups in total. The molecule has 0 radical (unpaired) electrons. The number of hydrogen-bond donors (Lipinski definition) is 0. The van der Waals surface area contributed by atoms with Crippen molar-refractivity contribution in [1.82, 2.24) is 4.90 Å². The zero-order chi connectivity index (χ0) is 15.7. The fourth-order valence-electron chi connectivity index (χ4n) is 3.23. The third-order valence-electron chi connectivity index (χ3n) is 4.71. The van der Waals surface area contributed by atoms with Gasteiger partial charge in [-0.15, -0.1) is 0 Å². The monoisotopic (exact) mass is 320 g/mol. The second kappa shape index (κ2) is 6.29. The lowest BCUT2D eigenvalue weighted by atomic mass is 9.97. The highest BCUT2D eigenvalue weighted by Crippen LogP contribution is 2.28. The smallest absolute Gasteiger partial charge is 0.228 e. The second-order valence-corrected chi connectivity index (χ2v) is 6.83. The summed E-state index contributed by atoms with van der Waals surface area (Å²) in [5, 5.41) is 0.644. The quantitative estimate of drug-likeness (QED) is 0.840. The van der Waals surface area contributed by atoms with Crippen molar-refractivity contribution in [2.75, 3.05) is 24.5 Å². The summed E-state index contributed by atoms with van der Waals surface area (Å²) in [7, 11) is 0. The Morgan fingerprint density at radius 2 is 1.82 bits per heavy atom. The van der Waals surface area contributed by atoms with Crippen molar-refractivity contribution in [2.45, 2.75) is 26.2 Å². The van der Waals surface area contributed by atoms with Gasteiger partial charge < -0.3 is 9.80 Å². The van der Waals surface area contributed by atoms with Crippen LogP contribution in [-0.4, -0.2) is 36.3 Å². The highest BCUT2D eigenvalue weighted by Gasteiger charge is 2.37. The topological polar surface area (TPSA) is 40.6 Å². The molecule has 22 heavy (non-hydrogen) atoms. The number of halogens is 1. The Bertz CT molecular complexity index is 565. The first-order chi connectivity index (χ1) is 10.5. The lowest BCUT2D eigenvalue weighted by Crippen LogP contribution is -2.42. The maximum absolute atomic E-state index is 12.6. The predicted molar refractivity (Wildman–Crippen MR) is 86.9 cm³/mol. The van der Waals surface area contributed by atoms with Crippen molar-refractivity contribution < 1.29 is 9.59 Å². The van der Waals surface area contributed by atoms with Crippen LogP contribution in [0.5, 0.6) is 0 Å². The van der Waals surface area contributed by atoms with Gasteiger partial charge >= 0.3 is 0 Å². The summed E-state index contributed by atoms with van der Waals surface area (Å²) in [4.78, 5) is 28.5. The Balaban J connectivity index is 1.66. The highest BCUT2D eigenvalue weighted by atomic mass is 35.5. The predicted octanol–water partition coefficient (Wildman–Crippen LogP) is 2.95. The zero-order valence-electron chi connectivity index (χ0n) is 12.8. The average molecular weight is 321 g/mol. The molecule has 2 fully saturated rings. The first kappa shape index (κ1) is 15.3. The number of anilines is 1. The summed E-state index contributed by atoms with van der Waals surface area (Å²) >= 11 is 5.88. The van der Waals surface area contributed by atoms with Crippen molar-refractivity contribution >= 4 is 29.1 Å². The number of carbonyl (C=O) groups excluding carboxylic acids is 2. The SMILES string of the molecule is CC1CCN(C(=O)C2CC(=O)N(c3ccc(Cl)cc3)C2)CC1. The Morgan fingerprint density at radius 3 is 2.45 bits per heavy atom. The first-order valence-electron chi connectivity index (χ1n) is 7.89. The van der Waals surface area contributed by atoms with Gasteiger partial charge in [-0.2, -0.15) is 0 Å². The van der Waals surface area contributed by atoms with Gasteiger partial charge in [0.2, 0.25) is 11.8 Å². The van der Waals surface area contributed by atoms with E-state index >= 15 is 0 Å². The molecule has 0 aromatic heterocycles. The minimum atomic E-state index is -0.211. The highest BCUT2D eigenvalue weighted by molar-refractivity contribution is 6.30. The molecule has 2 aliphatic rings. The number of nitrogens with zero attached hydrogens (tertiary/aromatic N) is 2. The molecule has 1 unspecified atom stereocenters. The van der Waals surface area contributed by atoms with Gasteiger partial charge in [-0.25, -0.2) is 0 Å². The van der Waals surface area contributed by atoms with Crippen molar-refractivity contribution in [2.24, 2.45) is 11.8 Å². The van der Waals surface area contributed by atoms with E-state index in [0.29, 0.717) is 23.9 Å². The molecule has 0 saturated carbocycles. The standard InChI is InChI=1S/C17H21ClN2O2/c1-12-6-8-19(9-7-12)17(22)13-10-16(21)20(11-13)15-4-2-14(18)3-5-15/h2-5,12-13H,6-11H2,1H3. The van der Waals surface area contributed by atoms with E-state index in [1.807, 2.05) is 17.0 Å². The van der Waals surface area contributed by atoms with E-state index in [1.54, 1.807) is 17.0 Å². The van der Waals surface area contributed by atoms with Crippen LogP contribution in [0, 0.1) is 11.8 Å². The molecule has 118 valence electrons. The number of carbonyl (C=O) groups is 2. The lowest BCUT2D eigenvalue weighted by Gasteiger charge is -2.32. The molecule has 2 amide bonds. The molecule has 2 saturated heterocycles. The normalized spacial score (nSPS) is 23.2. The number of likely N-dealkylation sites (tertiary alicyclic amines) is 1. The average Bonchev–Trinajstić information content (AvgIpc) is 2.90. The van der Waals surface area contributed by atoms with E-state index < -0.39 is 0 Å². The van der Waals surface area contributed by atoms with E-state index in [-0.39, 0.29) is 17.7 Å². The van der Waals surface area contributed by atoms with Gasteiger partial charge in [0.15, 0.2) is 0 Å². The Hall–Kier alpha value is -1.55. The van der Waals surface area contributed by atoms with Gasteiger partial charge in [-0.3, -0.25) is 9.59 Å². The number of hydrogen-bond acceptors (Lipinski definition) is 2. The summed E-state index contributed by atoms with van der Waals surface area (Å²) in [6.07, 6.45) is 2.44. The van der Waals surface area contributed by atoms with Gasteiger partial charge in [-0.1, -0.05) is 18.5 Å². The molecule has 2 aliphatic heterocycles.